The van der Waals surface area contributed by atoms with Crippen LogP contribution in [0.5, 0.6) is 5.75 Å². The molecule has 0 bridgehead atoms. The Morgan fingerprint density at radius 2 is 1.80 bits per heavy atom. The van der Waals surface area contributed by atoms with Crippen molar-refractivity contribution < 1.29 is 9.53 Å². The summed E-state index contributed by atoms with van der Waals surface area (Å²) in [4.78, 5) is 13.4. The fraction of sp³-hybridized carbons (Fsp3) is 0.0833. The zero-order chi connectivity index (χ0) is 21.2. The molecule has 4 nitrogen and oxygen atoms in total. The van der Waals surface area contributed by atoms with Crippen molar-refractivity contribution in [1.82, 2.24) is 5.43 Å². The van der Waals surface area contributed by atoms with Crippen LogP contribution >= 0.6 is 23.4 Å². The van der Waals surface area contributed by atoms with Gasteiger partial charge in [-0.1, -0.05) is 41.9 Å². The van der Waals surface area contributed by atoms with Gasteiger partial charge in [-0.25, -0.2) is 5.43 Å². The number of carbonyl (C=O) groups is 1. The average molecular weight is 437 g/mol. The maximum atomic E-state index is 12.2. The minimum absolute atomic E-state index is 0.256. The van der Waals surface area contributed by atoms with Crippen molar-refractivity contribution >= 4 is 41.6 Å². The Bertz CT molecular complexity index is 1030. The Balaban J connectivity index is 1.48. The van der Waals surface area contributed by atoms with Gasteiger partial charge >= 0.3 is 0 Å². The number of para-hydroxylation sites is 1. The van der Waals surface area contributed by atoms with Crippen molar-refractivity contribution in [2.75, 3.05) is 7.11 Å². The third kappa shape index (κ3) is 6.51. The third-order valence-electron chi connectivity index (χ3n) is 4.18. The van der Waals surface area contributed by atoms with E-state index in [0.29, 0.717) is 5.56 Å². The normalized spacial score (nSPS) is 11.1. The van der Waals surface area contributed by atoms with Crippen molar-refractivity contribution in [2.45, 2.75) is 10.6 Å². The van der Waals surface area contributed by atoms with E-state index in [4.69, 9.17) is 16.3 Å². The van der Waals surface area contributed by atoms with Gasteiger partial charge in [-0.15, -0.1) is 11.8 Å². The van der Waals surface area contributed by atoms with Crippen LogP contribution in [0, 0.1) is 0 Å². The van der Waals surface area contributed by atoms with Crippen LogP contribution in [0.4, 0.5) is 0 Å². The Kier molecular flexibility index (Phi) is 8.12. The molecule has 0 aromatic heterocycles. The molecule has 0 aliphatic rings. The molecule has 1 amide bonds. The monoisotopic (exact) mass is 436 g/mol. The number of hydrogen-bond donors (Lipinski definition) is 1. The summed E-state index contributed by atoms with van der Waals surface area (Å²) < 4.78 is 5.28. The molecular formula is C24H21ClN2O2S. The third-order valence-corrected chi connectivity index (χ3v) is 5.51. The summed E-state index contributed by atoms with van der Waals surface area (Å²) in [7, 11) is 1.63. The molecule has 152 valence electrons. The molecule has 0 spiro atoms. The molecule has 0 saturated carbocycles. The summed E-state index contributed by atoms with van der Waals surface area (Å²) in [6.07, 6.45) is 5.14. The standard InChI is InChI=1S/C24H21ClN2O2S/c1-29-23-7-3-2-5-19(23)6-4-16-26-27-24(28)20-10-8-18(9-11-20)17-30-22-14-12-21(25)13-15-22/h2-16H,17H2,1H3,(H,27,28)/b6-4+,26-16-. The number of ether oxygens (including phenoxy) is 1. The zero-order valence-electron chi connectivity index (χ0n) is 16.4. The summed E-state index contributed by atoms with van der Waals surface area (Å²) in [6, 6.07) is 22.9. The molecule has 3 rings (SSSR count). The molecule has 1 N–H and O–H groups in total. The molecule has 0 heterocycles. The average Bonchev–Trinajstić information content (AvgIpc) is 2.79. The van der Waals surface area contributed by atoms with Gasteiger partial charge < -0.3 is 4.74 Å². The van der Waals surface area contributed by atoms with E-state index in [1.165, 1.54) is 6.21 Å². The van der Waals surface area contributed by atoms with E-state index in [9.17, 15) is 4.79 Å². The van der Waals surface area contributed by atoms with E-state index in [-0.39, 0.29) is 5.91 Å². The molecular weight excluding hydrogens is 416 g/mol. The number of allylic oxidation sites excluding steroid dienone is 1. The first kappa shape index (κ1) is 21.7. The number of carbonyl (C=O) groups excluding carboxylic acids is 1. The van der Waals surface area contributed by atoms with Crippen molar-refractivity contribution in [3.8, 4) is 5.75 Å². The molecule has 0 radical (unpaired) electrons. The molecule has 3 aromatic carbocycles. The van der Waals surface area contributed by atoms with Crippen LogP contribution in [0.15, 0.2) is 88.9 Å². The fourth-order valence-corrected chi connectivity index (χ4v) is 3.58. The predicted octanol–water partition coefficient (Wildman–Crippen LogP) is 6.07. The van der Waals surface area contributed by atoms with Crippen molar-refractivity contribution in [3.05, 3.63) is 101 Å². The molecule has 0 aliphatic heterocycles. The van der Waals surface area contributed by atoms with E-state index in [1.54, 1.807) is 37.1 Å². The molecule has 3 aromatic rings. The smallest absolute Gasteiger partial charge is 0.271 e. The molecule has 6 heteroatoms. The summed E-state index contributed by atoms with van der Waals surface area (Å²) >= 11 is 7.62. The maximum absolute atomic E-state index is 12.2. The Labute approximate surface area is 185 Å². The SMILES string of the molecule is COc1ccccc1/C=C/C=N\NC(=O)c1ccc(CSc2ccc(Cl)cc2)cc1. The number of methoxy groups -OCH3 is 1. The van der Waals surface area contributed by atoms with Gasteiger partial charge in [0.1, 0.15) is 5.75 Å². The minimum Gasteiger partial charge on any atom is -0.496 e. The van der Waals surface area contributed by atoms with Crippen LogP contribution in [-0.4, -0.2) is 19.2 Å². The lowest BCUT2D eigenvalue weighted by Gasteiger charge is -2.04. The number of nitrogens with one attached hydrogen (secondary N) is 1. The number of thioether (sulfide) groups is 1. The van der Waals surface area contributed by atoms with Gasteiger partial charge in [0.15, 0.2) is 0 Å². The predicted molar refractivity (Wildman–Crippen MR) is 125 cm³/mol. The van der Waals surface area contributed by atoms with Crippen LogP contribution < -0.4 is 10.2 Å². The van der Waals surface area contributed by atoms with Gasteiger partial charge in [-0.2, -0.15) is 5.10 Å². The molecule has 0 atom stereocenters. The quantitative estimate of drug-likeness (QED) is 0.265. The second kappa shape index (κ2) is 11.2. The van der Waals surface area contributed by atoms with Crippen molar-refractivity contribution in [1.29, 1.82) is 0 Å². The van der Waals surface area contributed by atoms with E-state index in [1.807, 2.05) is 66.7 Å². The Hall–Kier alpha value is -3.02. The Morgan fingerprint density at radius 3 is 2.53 bits per heavy atom. The lowest BCUT2D eigenvalue weighted by molar-refractivity contribution is 0.0955. The summed E-state index contributed by atoms with van der Waals surface area (Å²) in [5.74, 6) is 1.34. The lowest BCUT2D eigenvalue weighted by Crippen LogP contribution is -2.17. The van der Waals surface area contributed by atoms with Crippen molar-refractivity contribution in [3.63, 3.8) is 0 Å². The van der Waals surface area contributed by atoms with E-state index >= 15 is 0 Å². The second-order valence-corrected chi connectivity index (χ2v) is 7.74. The van der Waals surface area contributed by atoms with Gasteiger partial charge in [0.25, 0.3) is 5.91 Å². The van der Waals surface area contributed by atoms with Gasteiger partial charge in [0.2, 0.25) is 0 Å². The minimum atomic E-state index is -0.256. The molecule has 0 saturated heterocycles. The first-order chi connectivity index (χ1) is 14.7. The first-order valence-electron chi connectivity index (χ1n) is 9.26. The number of hydrogen-bond acceptors (Lipinski definition) is 4. The van der Waals surface area contributed by atoms with Crippen LogP contribution in [-0.2, 0) is 5.75 Å². The maximum Gasteiger partial charge on any atom is 0.271 e. The molecule has 0 unspecified atom stereocenters. The van der Waals surface area contributed by atoms with Crippen LogP contribution in [0.3, 0.4) is 0 Å². The number of nitrogens with zero attached hydrogens (tertiary/aromatic N) is 1. The highest BCUT2D eigenvalue weighted by molar-refractivity contribution is 7.98. The molecule has 0 aliphatic carbocycles. The topological polar surface area (TPSA) is 50.7 Å². The molecule has 0 fully saturated rings. The Morgan fingerprint density at radius 1 is 1.07 bits per heavy atom. The largest absolute Gasteiger partial charge is 0.496 e. The van der Waals surface area contributed by atoms with E-state index in [2.05, 4.69) is 10.5 Å². The summed E-state index contributed by atoms with van der Waals surface area (Å²) in [5.41, 5.74) is 5.15. The fourth-order valence-electron chi connectivity index (χ4n) is 2.60. The summed E-state index contributed by atoms with van der Waals surface area (Å²) in [5, 5.41) is 4.69. The first-order valence-corrected chi connectivity index (χ1v) is 10.6. The number of benzene rings is 3. The highest BCUT2D eigenvalue weighted by atomic mass is 35.5. The van der Waals surface area contributed by atoms with Gasteiger partial charge in [-0.05, 0) is 60.2 Å². The van der Waals surface area contributed by atoms with Crippen molar-refractivity contribution in [2.24, 2.45) is 5.10 Å². The summed E-state index contributed by atoms with van der Waals surface area (Å²) in [6.45, 7) is 0. The van der Waals surface area contributed by atoms with Gasteiger partial charge in [0, 0.05) is 33.0 Å². The van der Waals surface area contributed by atoms with E-state index < -0.39 is 0 Å². The number of rotatable bonds is 8. The highest BCUT2D eigenvalue weighted by Crippen LogP contribution is 2.24. The van der Waals surface area contributed by atoms with Crippen LogP contribution in [0.2, 0.25) is 5.02 Å². The molecule has 30 heavy (non-hydrogen) atoms. The number of hydrazone groups is 1. The zero-order valence-corrected chi connectivity index (χ0v) is 18.0. The van der Waals surface area contributed by atoms with Crippen LogP contribution in [0.1, 0.15) is 21.5 Å². The van der Waals surface area contributed by atoms with Crippen LogP contribution in [0.25, 0.3) is 6.08 Å². The lowest BCUT2D eigenvalue weighted by atomic mass is 10.1. The van der Waals surface area contributed by atoms with Gasteiger partial charge in [0.05, 0.1) is 7.11 Å². The second-order valence-electron chi connectivity index (χ2n) is 6.26. The highest BCUT2D eigenvalue weighted by Gasteiger charge is 2.04. The van der Waals surface area contributed by atoms with Gasteiger partial charge in [-0.3, -0.25) is 4.79 Å². The number of amides is 1. The van der Waals surface area contributed by atoms with E-state index in [0.717, 1.165) is 32.5 Å². The number of halogens is 1.